The van der Waals surface area contributed by atoms with Gasteiger partial charge in [0, 0.05) is 90.2 Å². The number of aryl methyl sites for hydroxylation is 2. The third-order valence-corrected chi connectivity index (χ3v) is 21.7. The number of phosphoric ester groups is 1. The number of nitrogens with one attached hydrogen (secondary N) is 3. The first-order valence-corrected chi connectivity index (χ1v) is 34.5. The highest BCUT2D eigenvalue weighted by Gasteiger charge is 2.44. The summed E-state index contributed by atoms with van der Waals surface area (Å²) in [5.74, 6) is 6.25. The van der Waals surface area contributed by atoms with Gasteiger partial charge >= 0.3 is 23.5 Å². The number of sulfonamides is 1. The molecule has 3 aromatic carbocycles. The molecule has 1 saturated heterocycles. The molecule has 33 heteroatoms. The quantitative estimate of drug-likeness (QED) is 0.0182. The number of H-pyrrole nitrogens is 1. The Morgan fingerprint density at radius 1 is 0.905 bits per heavy atom. The van der Waals surface area contributed by atoms with Gasteiger partial charge in [-0.25, -0.2) is 31.4 Å². The lowest BCUT2D eigenvalue weighted by Gasteiger charge is -2.39. The predicted octanol–water partition coefficient (Wildman–Crippen LogP) is 1.99. The summed E-state index contributed by atoms with van der Waals surface area (Å²) < 4.78 is 131. The van der Waals surface area contributed by atoms with E-state index < -0.39 is 79.1 Å². The first-order valence-electron chi connectivity index (χ1n) is 27.1. The zero-order valence-corrected chi connectivity index (χ0v) is 49.1. The van der Waals surface area contributed by atoms with Gasteiger partial charge in [-0.3, -0.25) is 23.6 Å². The van der Waals surface area contributed by atoms with Gasteiger partial charge in [-0.2, -0.15) is 22.0 Å². The van der Waals surface area contributed by atoms with Gasteiger partial charge < -0.3 is 54.7 Å². The third-order valence-electron chi connectivity index (χ3n) is 15.5. The molecule has 2 unspecified atom stereocenters. The van der Waals surface area contributed by atoms with Crippen molar-refractivity contribution in [1.82, 2.24) is 29.1 Å². The average Bonchev–Trinajstić information content (AvgIpc) is 1.99. The van der Waals surface area contributed by atoms with Crippen LogP contribution in [0.15, 0.2) is 51.1 Å². The Morgan fingerprint density at radius 3 is 2.40 bits per heavy atom. The molecule has 11 rings (SSSR count). The molecule has 0 bridgehead atoms. The van der Waals surface area contributed by atoms with E-state index in [1.807, 2.05) is 0 Å². The van der Waals surface area contributed by atoms with Crippen molar-refractivity contribution in [2.24, 2.45) is 0 Å². The Bertz CT molecular complexity index is 4210. The zero-order chi connectivity index (χ0) is 59.7. The molecule has 0 saturated carbocycles. The minimum absolute atomic E-state index is 0.0356. The fraction of sp³-hybridized carbons (Fsp3) is 0.451. The Balaban J connectivity index is 0.757. The van der Waals surface area contributed by atoms with Crippen LogP contribution in [0.5, 0.6) is 11.5 Å². The van der Waals surface area contributed by atoms with Crippen molar-refractivity contribution in [3.63, 3.8) is 0 Å². The maximum Gasteiger partial charge on any atom is 0.490 e. The molecule has 8 heterocycles. The number of anilines is 2. The van der Waals surface area contributed by atoms with Crippen LogP contribution < -0.4 is 46.1 Å². The number of benzene rings is 3. The van der Waals surface area contributed by atoms with Crippen LogP contribution in [-0.4, -0.2) is 125 Å². The first-order chi connectivity index (χ1) is 39.7. The van der Waals surface area contributed by atoms with E-state index in [4.69, 9.17) is 25.0 Å². The van der Waals surface area contributed by atoms with Crippen LogP contribution in [0, 0.1) is 11.8 Å². The van der Waals surface area contributed by atoms with Crippen molar-refractivity contribution in [3.8, 4) is 23.3 Å². The molecule has 5 atom stereocenters. The number of nitrogens with two attached hydrogens (primary N) is 1. The van der Waals surface area contributed by atoms with Crippen LogP contribution in [0.4, 0.5) is 11.6 Å². The zero-order valence-electron chi connectivity index (χ0n) is 44.8. The summed E-state index contributed by atoms with van der Waals surface area (Å²) in [6, 6.07) is 7.93. The number of rotatable bonds is 19. The van der Waals surface area contributed by atoms with Gasteiger partial charge in [0.05, 0.1) is 45.6 Å². The molecule has 6 aliphatic rings. The highest BCUT2D eigenvalue weighted by Crippen LogP contribution is 2.66. The van der Waals surface area contributed by atoms with E-state index in [-0.39, 0.29) is 64.8 Å². The van der Waals surface area contributed by atoms with Crippen molar-refractivity contribution < 1.29 is 87.2 Å². The van der Waals surface area contributed by atoms with Gasteiger partial charge in [-0.15, -0.1) is 0 Å². The van der Waals surface area contributed by atoms with Crippen molar-refractivity contribution in [2.45, 2.75) is 112 Å². The van der Waals surface area contributed by atoms with Crippen LogP contribution in [0.2, 0.25) is 0 Å². The lowest BCUT2D eigenvalue weighted by molar-refractivity contribution is -0.120. The maximum atomic E-state index is 14.7. The number of fused-ring (bicyclic) bond motifs is 5. The van der Waals surface area contributed by atoms with E-state index in [0.29, 0.717) is 36.3 Å². The molecule has 28 nitrogen and oxygen atoms in total. The van der Waals surface area contributed by atoms with E-state index in [2.05, 4.69) is 66.6 Å². The number of nitrogens with zero attached hydrogens (tertiary/aromatic N) is 4. The second-order valence-corrected chi connectivity index (χ2v) is 28.8. The SMILES string of the molecule is Nc1nc2c(c(C#CCNC(=O)CCCCCNS(=O)(=O)c3cc(S(=O)(=O)O)ccc3C3=c4cc5c6c(c4Oc4c3cc3c7c4CCCN7CCC3)CCC[N+]=6CCC5)cn2[C@H]2C[C@H](O)[C@@H](COP(=O)(O)OP(=O)(O)OP(=O)(O)O)O2)c(=O)[nH]1. The largest absolute Gasteiger partial charge is 0.490 e. The topological polar surface area (TPSA) is 411 Å². The molecule has 5 aromatic rings. The number of aromatic nitrogens is 3. The molecule has 84 heavy (non-hydrogen) atoms. The van der Waals surface area contributed by atoms with Crippen molar-refractivity contribution in [1.29, 1.82) is 0 Å². The highest BCUT2D eigenvalue weighted by atomic mass is 32.2. The van der Waals surface area contributed by atoms with E-state index >= 15 is 0 Å². The monoisotopic (exact) mass is 1260 g/mol. The maximum absolute atomic E-state index is 14.7. The predicted molar refractivity (Wildman–Crippen MR) is 299 cm³/mol. The summed E-state index contributed by atoms with van der Waals surface area (Å²) in [7, 11) is -26.4. The molecule has 0 radical (unpaired) electrons. The van der Waals surface area contributed by atoms with Crippen LogP contribution >= 0.6 is 23.5 Å². The van der Waals surface area contributed by atoms with Gasteiger partial charge in [0.1, 0.15) is 36.9 Å². The molecule has 0 aliphatic carbocycles. The standard InChI is InChI=1S/C51H59N8O20P3S2/c52-51-55-49-43(50(62)56-51)31(27-59(49)42-26-38(60)39(76-42)28-75-81(66,67)79-82(68,69)78-80(63,64)65)9-4-17-53-41(61)14-2-1-3-18-54-83(70,71)40-25-32(84(72,73)74)15-16-33(40)44-36-23-29-10-5-19-57-21-7-12-34(45(29)57)47(36)77-48-35-13-8-22-58-20-6-11-30(46(35)58)24-37(44)48/h15-16,23-25,27,38-39,42,54,60H,1-3,5-8,10-14,17-22,26,28H2,(H8-,52,53,55,56,61,62,63,64,65,66,67,68,69,72,73,74)/p+1/t38-,39+,42+/m0/s1. The highest BCUT2D eigenvalue weighted by molar-refractivity contribution is 7.89. The second kappa shape index (κ2) is 23.2. The Kier molecular flexibility index (Phi) is 16.6. The van der Waals surface area contributed by atoms with E-state index in [9.17, 15) is 59.6 Å². The van der Waals surface area contributed by atoms with Gasteiger partial charge in [-0.1, -0.05) is 24.3 Å². The van der Waals surface area contributed by atoms with Gasteiger partial charge in [0.2, 0.25) is 27.2 Å². The van der Waals surface area contributed by atoms with Crippen molar-refractivity contribution >= 4 is 77.8 Å². The molecule has 450 valence electrons. The van der Waals surface area contributed by atoms with Gasteiger partial charge in [-0.05, 0) is 81.2 Å². The number of amides is 1. The summed E-state index contributed by atoms with van der Waals surface area (Å²) >= 11 is 0. The Labute approximate surface area is 479 Å². The minimum Gasteiger partial charge on any atom is -0.455 e. The number of aromatic amines is 1. The van der Waals surface area contributed by atoms with Crippen LogP contribution in [0.1, 0.15) is 103 Å². The molecule has 0 spiro atoms. The fourth-order valence-corrected chi connectivity index (χ4v) is 17.1. The lowest BCUT2D eigenvalue weighted by atomic mass is 9.82. The number of carbonyl (C=O) groups is 1. The number of hydrogen-bond acceptors (Lipinski definition) is 18. The number of aliphatic hydroxyl groups excluding tert-OH is 1. The number of hydrogen-bond donors (Lipinski definition) is 10. The van der Waals surface area contributed by atoms with Gasteiger partial charge in [0.25, 0.3) is 15.7 Å². The molecule has 6 aliphatic heterocycles. The Hall–Kier alpha value is -5.67. The first kappa shape index (κ1) is 60.0. The molecule has 1 amide bonds. The number of phosphoric acid groups is 3. The summed E-state index contributed by atoms with van der Waals surface area (Å²) in [5.41, 5.74) is 12.4. The molecule has 2 aromatic heterocycles. The number of carbonyl (C=O) groups excluding carboxylic acids is 1. The Morgan fingerprint density at radius 2 is 1.64 bits per heavy atom. The number of unbranched alkanes of at least 4 members (excludes halogenated alkanes) is 2. The fourth-order valence-electron chi connectivity index (χ4n) is 12.1. The van der Waals surface area contributed by atoms with E-state index in [0.717, 1.165) is 117 Å². The molecular formula is C51H60N8O20P3S2+. The van der Waals surface area contributed by atoms with Gasteiger partial charge in [0.15, 0.2) is 5.65 Å². The molecule has 1 fully saturated rings. The number of aliphatic hydroxyl groups is 1. The third kappa shape index (κ3) is 12.5. The minimum atomic E-state index is -5.81. The second-order valence-electron chi connectivity index (χ2n) is 21.2. The molecule has 11 N–H and O–H groups in total. The summed E-state index contributed by atoms with van der Waals surface area (Å²) in [6.45, 7) is 2.52. The van der Waals surface area contributed by atoms with Crippen LogP contribution in [-0.2, 0) is 82.2 Å². The average molecular weight is 1260 g/mol. The van der Waals surface area contributed by atoms with E-state index in [1.165, 1.54) is 33.9 Å². The lowest BCUT2D eigenvalue weighted by Crippen LogP contribution is -2.45. The summed E-state index contributed by atoms with van der Waals surface area (Å²) in [5, 5.41) is 15.2. The summed E-state index contributed by atoms with van der Waals surface area (Å²) in [6.07, 6.45) is 5.21. The van der Waals surface area contributed by atoms with Crippen LogP contribution in [0.3, 0.4) is 0 Å². The van der Waals surface area contributed by atoms with Crippen molar-refractivity contribution in [3.05, 3.63) is 96.4 Å². The number of ether oxygens (including phenoxy) is 2. The number of nitrogen functional groups attached to an aromatic ring is 1. The smallest absolute Gasteiger partial charge is 0.455 e. The van der Waals surface area contributed by atoms with E-state index in [1.54, 1.807) is 0 Å². The van der Waals surface area contributed by atoms with Crippen molar-refractivity contribution in [2.75, 3.05) is 56.5 Å². The van der Waals surface area contributed by atoms with Crippen LogP contribution in [0.25, 0.3) is 16.6 Å². The molecular weight excluding hydrogens is 1200 g/mol. The summed E-state index contributed by atoms with van der Waals surface area (Å²) in [4.78, 5) is 71.0. The normalized spacial score (nSPS) is 20.6.